The van der Waals surface area contributed by atoms with Gasteiger partial charge in [-0.05, 0) is 49.7 Å². The fourth-order valence-corrected chi connectivity index (χ4v) is 6.38. The predicted octanol–water partition coefficient (Wildman–Crippen LogP) is 5.46. The van der Waals surface area contributed by atoms with Gasteiger partial charge in [0.1, 0.15) is 11.3 Å². The zero-order valence-corrected chi connectivity index (χ0v) is 19.9. The Morgan fingerprint density at radius 2 is 1.85 bits per heavy atom. The monoisotopic (exact) mass is 502 g/mol. The van der Waals surface area contributed by atoms with Crippen LogP contribution in [-0.2, 0) is 4.79 Å². The first-order valence-corrected chi connectivity index (χ1v) is 11.9. The lowest BCUT2D eigenvalue weighted by Crippen LogP contribution is -2.54. The Bertz CT molecular complexity index is 1310. The number of rotatable bonds is 1. The molecule has 3 unspecified atom stereocenters. The van der Waals surface area contributed by atoms with Crippen LogP contribution in [0.4, 0.5) is 5.69 Å². The summed E-state index contributed by atoms with van der Waals surface area (Å²) in [5, 5.41) is 3.09. The topological polar surface area (TPSA) is 58.6 Å². The molecule has 3 aliphatic rings. The first kappa shape index (κ1) is 20.5. The van der Waals surface area contributed by atoms with Crippen LogP contribution < -0.4 is 10.1 Å². The van der Waals surface area contributed by atoms with E-state index in [9.17, 15) is 9.59 Å². The molecule has 5 nitrogen and oxygen atoms in total. The lowest BCUT2D eigenvalue weighted by Gasteiger charge is -2.38. The highest BCUT2D eigenvalue weighted by Crippen LogP contribution is 2.60. The van der Waals surface area contributed by atoms with E-state index < -0.39 is 5.54 Å². The Kier molecular flexibility index (Phi) is 4.46. The number of ether oxygens (including phenoxy) is 1. The fourth-order valence-electron chi connectivity index (χ4n) is 6.00. The van der Waals surface area contributed by atoms with Crippen LogP contribution in [0.25, 0.3) is 0 Å². The van der Waals surface area contributed by atoms with Crippen molar-refractivity contribution in [1.82, 2.24) is 4.90 Å². The van der Waals surface area contributed by atoms with Gasteiger partial charge >= 0.3 is 0 Å². The third kappa shape index (κ3) is 2.83. The molecule has 0 spiro atoms. The van der Waals surface area contributed by atoms with Crippen LogP contribution in [0.15, 0.2) is 71.2 Å². The second-order valence-electron chi connectivity index (χ2n) is 9.32. The number of benzene rings is 3. The molecule has 3 aromatic rings. The number of nitrogens with zero attached hydrogens (tertiary/aromatic N) is 1. The number of nitrogens with one attached hydrogen (secondary N) is 1. The van der Waals surface area contributed by atoms with Gasteiger partial charge in [-0.25, -0.2) is 0 Å². The summed E-state index contributed by atoms with van der Waals surface area (Å²) in [5.74, 6) is 0.168. The SMILES string of the molecule is Cc1ccc2c(c1)C(=O)N1C3c4cc(Br)ccc4OCC3C(c3ccccc3)[C@]1(C)C(=O)N2. The smallest absolute Gasteiger partial charge is 0.257 e. The van der Waals surface area contributed by atoms with Crippen LogP contribution >= 0.6 is 15.9 Å². The van der Waals surface area contributed by atoms with Gasteiger partial charge in [-0.1, -0.05) is 57.9 Å². The van der Waals surface area contributed by atoms with Crippen LogP contribution in [0, 0.1) is 12.8 Å². The second kappa shape index (κ2) is 7.19. The van der Waals surface area contributed by atoms with Crippen LogP contribution in [0.3, 0.4) is 0 Å². The molecule has 3 aromatic carbocycles. The first-order chi connectivity index (χ1) is 15.9. The third-order valence-corrected chi connectivity index (χ3v) is 7.92. The van der Waals surface area contributed by atoms with Gasteiger partial charge < -0.3 is 15.0 Å². The molecule has 0 aromatic heterocycles. The van der Waals surface area contributed by atoms with Crippen LogP contribution in [-0.4, -0.2) is 28.9 Å². The molecular weight excluding hydrogens is 480 g/mol. The van der Waals surface area contributed by atoms with Gasteiger partial charge in [-0.3, -0.25) is 9.59 Å². The van der Waals surface area contributed by atoms with Crippen molar-refractivity contribution >= 4 is 33.4 Å². The molecule has 1 N–H and O–H groups in total. The van der Waals surface area contributed by atoms with Gasteiger partial charge in [0.2, 0.25) is 0 Å². The van der Waals surface area contributed by atoms with E-state index in [-0.39, 0.29) is 29.7 Å². The Labute approximate surface area is 200 Å². The van der Waals surface area contributed by atoms with Crippen LogP contribution in [0.1, 0.15) is 45.9 Å². The fraction of sp³-hybridized carbons (Fsp3) is 0.259. The number of amides is 2. The zero-order chi connectivity index (χ0) is 22.9. The molecule has 1 fully saturated rings. The molecule has 1 saturated heterocycles. The molecule has 6 rings (SSSR count). The van der Waals surface area contributed by atoms with E-state index in [0.29, 0.717) is 17.9 Å². The third-order valence-electron chi connectivity index (χ3n) is 7.43. The van der Waals surface area contributed by atoms with Crippen molar-refractivity contribution in [3.8, 4) is 5.75 Å². The summed E-state index contributed by atoms with van der Waals surface area (Å²) >= 11 is 3.59. The van der Waals surface area contributed by atoms with E-state index in [1.165, 1.54) is 0 Å². The number of hydrogen-bond donors (Lipinski definition) is 1. The minimum absolute atomic E-state index is 0.0692. The summed E-state index contributed by atoms with van der Waals surface area (Å²) in [7, 11) is 0. The van der Waals surface area contributed by atoms with Gasteiger partial charge in [0.15, 0.2) is 0 Å². The van der Waals surface area contributed by atoms with E-state index >= 15 is 0 Å². The molecule has 0 saturated carbocycles. The summed E-state index contributed by atoms with van der Waals surface area (Å²) in [5.41, 5.74) is 2.95. The number of halogens is 1. The minimum Gasteiger partial charge on any atom is -0.493 e. The summed E-state index contributed by atoms with van der Waals surface area (Å²) in [6, 6.07) is 21.3. The zero-order valence-electron chi connectivity index (χ0n) is 18.3. The normalized spacial score (nSPS) is 27.5. The molecule has 6 heteroatoms. The van der Waals surface area contributed by atoms with E-state index in [1.54, 1.807) is 0 Å². The van der Waals surface area contributed by atoms with Crippen LogP contribution in [0.5, 0.6) is 5.75 Å². The highest BCUT2D eigenvalue weighted by molar-refractivity contribution is 9.10. The minimum atomic E-state index is -1.09. The van der Waals surface area contributed by atoms with Gasteiger partial charge in [0, 0.05) is 21.9 Å². The molecule has 4 atom stereocenters. The Balaban J connectivity index is 1.64. The van der Waals surface area contributed by atoms with Crippen molar-refractivity contribution in [3.63, 3.8) is 0 Å². The Morgan fingerprint density at radius 1 is 1.06 bits per heavy atom. The number of carbonyl (C=O) groups is 2. The number of hydrogen-bond acceptors (Lipinski definition) is 3. The Morgan fingerprint density at radius 3 is 2.64 bits per heavy atom. The molecule has 3 aliphatic heterocycles. The molecule has 33 heavy (non-hydrogen) atoms. The van der Waals surface area contributed by atoms with Crippen LogP contribution in [0.2, 0.25) is 0 Å². The van der Waals surface area contributed by atoms with Crippen molar-refractivity contribution < 1.29 is 14.3 Å². The summed E-state index contributed by atoms with van der Waals surface area (Å²) < 4.78 is 7.11. The lowest BCUT2D eigenvalue weighted by atomic mass is 9.73. The van der Waals surface area contributed by atoms with E-state index in [2.05, 4.69) is 21.2 Å². The average molecular weight is 503 g/mol. The molecule has 0 radical (unpaired) electrons. The number of aryl methyl sites for hydroxylation is 1. The second-order valence-corrected chi connectivity index (χ2v) is 10.2. The van der Waals surface area contributed by atoms with Gasteiger partial charge in [0.05, 0.1) is 23.9 Å². The molecule has 3 heterocycles. The first-order valence-electron chi connectivity index (χ1n) is 11.1. The van der Waals surface area contributed by atoms with Gasteiger partial charge in [0.25, 0.3) is 11.8 Å². The maximum absolute atomic E-state index is 14.2. The number of anilines is 1. The number of carbonyl (C=O) groups excluding carboxylic acids is 2. The van der Waals surface area contributed by atoms with Crippen molar-refractivity contribution in [3.05, 3.63) is 93.5 Å². The van der Waals surface area contributed by atoms with Gasteiger partial charge in [-0.2, -0.15) is 0 Å². The summed E-state index contributed by atoms with van der Waals surface area (Å²) in [6.45, 7) is 4.30. The van der Waals surface area contributed by atoms with Crippen molar-refractivity contribution in [2.75, 3.05) is 11.9 Å². The summed E-state index contributed by atoms with van der Waals surface area (Å²) in [4.78, 5) is 30.0. The van der Waals surface area contributed by atoms with Crippen molar-refractivity contribution in [2.24, 2.45) is 5.92 Å². The lowest BCUT2D eigenvalue weighted by molar-refractivity contribution is -0.125. The molecular formula is C27H23BrN2O3. The highest BCUT2D eigenvalue weighted by atomic mass is 79.9. The quantitative estimate of drug-likeness (QED) is 0.480. The van der Waals surface area contributed by atoms with Crippen molar-refractivity contribution in [1.29, 1.82) is 0 Å². The van der Waals surface area contributed by atoms with E-state index in [1.807, 2.05) is 85.5 Å². The molecule has 0 bridgehead atoms. The predicted molar refractivity (Wildman–Crippen MR) is 129 cm³/mol. The molecule has 2 amide bonds. The highest BCUT2D eigenvalue weighted by Gasteiger charge is 2.65. The van der Waals surface area contributed by atoms with Gasteiger partial charge in [-0.15, -0.1) is 0 Å². The van der Waals surface area contributed by atoms with Crippen molar-refractivity contribution in [2.45, 2.75) is 31.3 Å². The van der Waals surface area contributed by atoms with E-state index in [4.69, 9.17) is 4.74 Å². The largest absolute Gasteiger partial charge is 0.493 e. The standard InChI is InChI=1S/C27H23BrN2O3/c1-15-8-10-21-18(12-15)25(31)30-24-19-13-17(28)9-11-22(19)33-14-20(24)23(16-6-4-3-5-7-16)27(30,2)26(32)29-21/h3-13,20,23-24H,14H2,1-2H3,(H,29,32)/t20?,23?,24?,27-/m1/s1. The number of fused-ring (bicyclic) bond motifs is 6. The molecule has 166 valence electrons. The maximum Gasteiger partial charge on any atom is 0.257 e. The Hall–Kier alpha value is -3.12. The van der Waals surface area contributed by atoms with E-state index in [0.717, 1.165) is 26.9 Å². The maximum atomic E-state index is 14.2. The average Bonchev–Trinajstić information content (AvgIpc) is 3.06. The molecule has 0 aliphatic carbocycles. The summed E-state index contributed by atoms with van der Waals surface area (Å²) in [6.07, 6.45) is 0.